The molecule has 0 aromatic heterocycles. The fourth-order valence-corrected chi connectivity index (χ4v) is 7.36. The van der Waals surface area contributed by atoms with Crippen LogP contribution in [0.2, 0.25) is 0 Å². The summed E-state index contributed by atoms with van der Waals surface area (Å²) in [7, 11) is 0. The highest BCUT2D eigenvalue weighted by Crippen LogP contribution is 2.60. The number of halogens is 2. The molecule has 0 N–H and O–H groups in total. The first-order chi connectivity index (χ1) is 24.5. The minimum absolute atomic E-state index is 0.316. The monoisotopic (exact) mass is 656 g/mol. The molecule has 0 radical (unpaired) electrons. The average molecular weight is 657 g/mol. The largest absolute Gasteiger partial charge is 0.453 e. The number of para-hydroxylation sites is 8. The maximum Gasteiger partial charge on any atom is 0.151 e. The lowest BCUT2D eigenvalue weighted by Gasteiger charge is -2.40. The third-order valence-electron chi connectivity index (χ3n) is 9.51. The Morgan fingerprint density at radius 3 is 1.00 bits per heavy atom. The molecule has 0 saturated carbocycles. The topological polar surface area (TPSA) is 24.9 Å². The molecule has 0 atom stereocenters. The van der Waals surface area contributed by atoms with Crippen molar-refractivity contribution in [1.29, 1.82) is 0 Å². The first-order valence-electron chi connectivity index (χ1n) is 16.5. The van der Waals surface area contributed by atoms with E-state index in [2.05, 4.69) is 47.9 Å². The van der Waals surface area contributed by atoms with E-state index in [1.807, 2.05) is 97.1 Å². The molecule has 7 aromatic carbocycles. The second-order valence-corrected chi connectivity index (χ2v) is 12.5. The fourth-order valence-electron chi connectivity index (χ4n) is 7.36. The normalized spacial score (nSPS) is 12.6. The Morgan fingerprint density at radius 1 is 0.380 bits per heavy atom. The second kappa shape index (κ2) is 11.6. The van der Waals surface area contributed by atoms with Crippen LogP contribution in [0, 0.1) is 25.5 Å². The molecular formula is C44H30F2N2O2. The van der Waals surface area contributed by atoms with Gasteiger partial charge in [-0.25, -0.2) is 8.78 Å². The summed E-state index contributed by atoms with van der Waals surface area (Å²) in [6, 6.07) is 45.3. The summed E-state index contributed by atoms with van der Waals surface area (Å²) in [4.78, 5) is 4.51. The van der Waals surface area contributed by atoms with Crippen molar-refractivity contribution in [3.8, 4) is 45.3 Å². The van der Waals surface area contributed by atoms with E-state index in [9.17, 15) is 8.78 Å². The van der Waals surface area contributed by atoms with Crippen LogP contribution in [0.3, 0.4) is 0 Å². The summed E-state index contributed by atoms with van der Waals surface area (Å²) < 4.78 is 41.9. The van der Waals surface area contributed by atoms with Crippen LogP contribution in [0.5, 0.6) is 23.0 Å². The third kappa shape index (κ3) is 4.64. The molecule has 7 aromatic rings. The van der Waals surface area contributed by atoms with Crippen LogP contribution in [0.1, 0.15) is 11.1 Å². The van der Waals surface area contributed by atoms with Crippen molar-refractivity contribution in [3.05, 3.63) is 168 Å². The number of nitrogens with zero attached hydrogens (tertiary/aromatic N) is 2. The molecule has 0 spiro atoms. The van der Waals surface area contributed by atoms with Crippen LogP contribution in [0.15, 0.2) is 146 Å². The number of rotatable bonds is 4. The maximum atomic E-state index is 14.5. The van der Waals surface area contributed by atoms with Crippen molar-refractivity contribution in [1.82, 2.24) is 0 Å². The highest BCUT2D eigenvalue weighted by molar-refractivity contribution is 6.06. The van der Waals surface area contributed by atoms with Crippen molar-refractivity contribution in [2.75, 3.05) is 9.80 Å². The molecule has 4 nitrogen and oxygen atoms in total. The zero-order chi connectivity index (χ0) is 33.9. The lowest BCUT2D eigenvalue weighted by molar-refractivity contribution is 0.477. The molecule has 242 valence electrons. The minimum atomic E-state index is -0.316. The Kier molecular flexibility index (Phi) is 6.92. The van der Waals surface area contributed by atoms with Crippen LogP contribution >= 0.6 is 0 Å². The molecular weight excluding hydrogens is 626 g/mol. The SMILES string of the molecule is Cc1c(-c2ccc(F)cc2)c(N2c3ccccc3Oc3ccccc32)c(C)c(N2c3ccccc3Oc3ccccc32)c1-c1ccc(F)cc1. The van der Waals surface area contributed by atoms with Gasteiger partial charge in [0.2, 0.25) is 0 Å². The predicted octanol–water partition coefficient (Wildman–Crippen LogP) is 13.1. The zero-order valence-corrected chi connectivity index (χ0v) is 27.3. The molecule has 2 aliphatic heterocycles. The van der Waals surface area contributed by atoms with Crippen molar-refractivity contribution in [3.63, 3.8) is 0 Å². The van der Waals surface area contributed by atoms with Crippen LogP contribution in [0.25, 0.3) is 22.3 Å². The number of ether oxygens (including phenoxy) is 2. The zero-order valence-electron chi connectivity index (χ0n) is 27.3. The molecule has 9 rings (SSSR count). The van der Waals surface area contributed by atoms with Gasteiger partial charge in [-0.15, -0.1) is 0 Å². The Bertz CT molecular complexity index is 2180. The summed E-state index contributed by atoms with van der Waals surface area (Å²) in [5.41, 5.74) is 10.8. The molecule has 0 saturated heterocycles. The standard InChI is InChI=1S/C44H30F2N2O2/c1-27-41(29-19-23-31(45)24-20-29)43(47-33-11-3-7-15-37(33)49-38-16-8-4-12-34(38)47)28(2)44(42(27)30-21-25-32(46)26-22-30)48-35-13-5-9-17-39(35)50-40-18-10-6-14-36(40)48/h3-26H,1-2H3. The first kappa shape index (κ1) is 29.7. The quantitative estimate of drug-likeness (QED) is 0.188. The second-order valence-electron chi connectivity index (χ2n) is 12.5. The summed E-state index contributed by atoms with van der Waals surface area (Å²) in [6.45, 7) is 4.23. The molecule has 6 heteroatoms. The van der Waals surface area contributed by atoms with E-state index >= 15 is 0 Å². The van der Waals surface area contributed by atoms with Gasteiger partial charge in [-0.05, 0) is 109 Å². The van der Waals surface area contributed by atoms with E-state index in [1.165, 1.54) is 24.3 Å². The van der Waals surface area contributed by atoms with Gasteiger partial charge in [-0.1, -0.05) is 72.8 Å². The summed E-state index contributed by atoms with van der Waals surface area (Å²) in [5.74, 6) is 2.26. The van der Waals surface area contributed by atoms with Gasteiger partial charge in [0.25, 0.3) is 0 Å². The molecule has 0 bridgehead atoms. The number of hydrogen-bond donors (Lipinski definition) is 0. The van der Waals surface area contributed by atoms with Crippen LogP contribution in [-0.2, 0) is 0 Å². The lowest BCUT2D eigenvalue weighted by Crippen LogP contribution is -2.22. The molecule has 0 unspecified atom stereocenters. The number of benzene rings is 7. The fraction of sp³-hybridized carbons (Fsp3) is 0.0455. The van der Waals surface area contributed by atoms with E-state index in [-0.39, 0.29) is 11.6 Å². The Labute approximate surface area is 289 Å². The van der Waals surface area contributed by atoms with Crippen molar-refractivity contribution in [2.24, 2.45) is 0 Å². The minimum Gasteiger partial charge on any atom is -0.453 e. The summed E-state index contributed by atoms with van der Waals surface area (Å²) in [5, 5.41) is 0. The van der Waals surface area contributed by atoms with Crippen LogP contribution in [-0.4, -0.2) is 0 Å². The van der Waals surface area contributed by atoms with Gasteiger partial charge in [0.1, 0.15) is 11.6 Å². The first-order valence-corrected chi connectivity index (χ1v) is 16.5. The number of fused-ring (bicyclic) bond motifs is 4. The molecule has 2 heterocycles. The van der Waals surface area contributed by atoms with E-state index in [4.69, 9.17) is 9.47 Å². The molecule has 2 aliphatic rings. The van der Waals surface area contributed by atoms with Crippen LogP contribution < -0.4 is 19.3 Å². The third-order valence-corrected chi connectivity index (χ3v) is 9.51. The molecule has 0 fully saturated rings. The van der Waals surface area contributed by atoms with Gasteiger partial charge in [-0.3, -0.25) is 0 Å². The number of anilines is 6. The smallest absolute Gasteiger partial charge is 0.151 e. The van der Waals surface area contributed by atoms with Gasteiger partial charge in [0, 0.05) is 11.1 Å². The van der Waals surface area contributed by atoms with Gasteiger partial charge in [0.15, 0.2) is 23.0 Å². The van der Waals surface area contributed by atoms with Crippen LogP contribution in [0.4, 0.5) is 42.9 Å². The molecule has 0 aliphatic carbocycles. The summed E-state index contributed by atoms with van der Waals surface area (Å²) >= 11 is 0. The Morgan fingerprint density at radius 2 is 0.680 bits per heavy atom. The van der Waals surface area contributed by atoms with E-state index in [0.717, 1.165) is 90.5 Å². The molecule has 50 heavy (non-hydrogen) atoms. The lowest BCUT2D eigenvalue weighted by atomic mass is 9.85. The molecule has 0 amide bonds. The van der Waals surface area contributed by atoms with Gasteiger partial charge >= 0.3 is 0 Å². The van der Waals surface area contributed by atoms with E-state index in [0.29, 0.717) is 0 Å². The van der Waals surface area contributed by atoms with Gasteiger partial charge in [0.05, 0.1) is 34.1 Å². The van der Waals surface area contributed by atoms with Gasteiger partial charge < -0.3 is 19.3 Å². The number of hydrogen-bond acceptors (Lipinski definition) is 4. The Balaban J connectivity index is 1.47. The average Bonchev–Trinajstić information content (AvgIpc) is 3.15. The van der Waals surface area contributed by atoms with Crippen molar-refractivity contribution >= 4 is 34.1 Å². The van der Waals surface area contributed by atoms with Gasteiger partial charge in [-0.2, -0.15) is 0 Å². The van der Waals surface area contributed by atoms with Crippen molar-refractivity contribution < 1.29 is 18.3 Å². The van der Waals surface area contributed by atoms with Crippen molar-refractivity contribution in [2.45, 2.75) is 13.8 Å². The highest BCUT2D eigenvalue weighted by atomic mass is 19.1. The van der Waals surface area contributed by atoms with E-state index in [1.54, 1.807) is 0 Å². The highest BCUT2D eigenvalue weighted by Gasteiger charge is 2.36. The summed E-state index contributed by atoms with van der Waals surface area (Å²) in [6.07, 6.45) is 0. The Hall–Kier alpha value is -6.40. The predicted molar refractivity (Wildman–Crippen MR) is 196 cm³/mol. The maximum absolute atomic E-state index is 14.5. The van der Waals surface area contributed by atoms with E-state index < -0.39 is 0 Å².